The highest BCUT2D eigenvalue weighted by atomic mass is 79.9. The average Bonchev–Trinajstić information content (AvgIpc) is 2.68. The first kappa shape index (κ1) is 18.3. The summed E-state index contributed by atoms with van der Waals surface area (Å²) in [7, 11) is 0. The molecule has 0 saturated heterocycles. The highest BCUT2D eigenvalue weighted by Crippen LogP contribution is 2.45. The SMILES string of the molecule is N#CNC1=NC(c2c(O)ccc3cc(Br)ccc23)c2c(nc(N)c(C#N)c2N)N1. The third kappa shape index (κ3) is 2.92. The van der Waals surface area contributed by atoms with E-state index in [1.807, 2.05) is 24.3 Å². The van der Waals surface area contributed by atoms with Gasteiger partial charge in [0.25, 0.3) is 0 Å². The third-order valence-corrected chi connectivity index (χ3v) is 5.12. The minimum atomic E-state index is -0.827. The molecule has 1 aliphatic heterocycles. The molecule has 2 aromatic carbocycles. The molecule has 0 saturated carbocycles. The van der Waals surface area contributed by atoms with Crippen molar-refractivity contribution >= 4 is 50.0 Å². The smallest absolute Gasteiger partial charge is 0.211 e. The van der Waals surface area contributed by atoms with E-state index in [-0.39, 0.29) is 34.6 Å². The van der Waals surface area contributed by atoms with E-state index in [9.17, 15) is 10.4 Å². The minimum absolute atomic E-state index is 0.00698. The van der Waals surface area contributed by atoms with Crippen molar-refractivity contribution in [3.05, 3.63) is 51.5 Å². The molecule has 9 nitrogen and oxygen atoms in total. The highest BCUT2D eigenvalue weighted by Gasteiger charge is 2.32. The molecule has 2 heterocycles. The normalized spacial score (nSPS) is 14.9. The van der Waals surface area contributed by atoms with Gasteiger partial charge < -0.3 is 21.9 Å². The summed E-state index contributed by atoms with van der Waals surface area (Å²) in [6.07, 6.45) is 1.80. The largest absolute Gasteiger partial charge is 0.508 e. The molecule has 0 amide bonds. The van der Waals surface area contributed by atoms with Gasteiger partial charge in [0.1, 0.15) is 35.1 Å². The Hall–Kier alpha value is -4.02. The average molecular weight is 449 g/mol. The summed E-state index contributed by atoms with van der Waals surface area (Å²) >= 11 is 3.44. The first-order valence-electron chi connectivity index (χ1n) is 8.34. The van der Waals surface area contributed by atoms with Gasteiger partial charge in [0, 0.05) is 15.6 Å². The Labute approximate surface area is 173 Å². The van der Waals surface area contributed by atoms with Gasteiger partial charge in [-0.3, -0.25) is 5.32 Å². The van der Waals surface area contributed by atoms with Crippen molar-refractivity contribution in [1.82, 2.24) is 10.3 Å². The van der Waals surface area contributed by atoms with E-state index in [1.54, 1.807) is 18.3 Å². The monoisotopic (exact) mass is 448 g/mol. The number of nitrogens with two attached hydrogens (primary N) is 2. The second-order valence-electron chi connectivity index (χ2n) is 6.27. The van der Waals surface area contributed by atoms with Crippen molar-refractivity contribution in [1.29, 1.82) is 10.5 Å². The van der Waals surface area contributed by atoms with Crippen molar-refractivity contribution in [2.45, 2.75) is 6.04 Å². The maximum absolute atomic E-state index is 10.7. The van der Waals surface area contributed by atoms with Gasteiger partial charge in [0.15, 0.2) is 6.19 Å². The van der Waals surface area contributed by atoms with E-state index >= 15 is 0 Å². The van der Waals surface area contributed by atoms with Gasteiger partial charge >= 0.3 is 0 Å². The molecule has 29 heavy (non-hydrogen) atoms. The van der Waals surface area contributed by atoms with Crippen molar-refractivity contribution in [2.24, 2.45) is 4.99 Å². The van der Waals surface area contributed by atoms with E-state index < -0.39 is 6.04 Å². The number of nitriles is 2. The topological polar surface area (TPSA) is 169 Å². The lowest BCUT2D eigenvalue weighted by Gasteiger charge is -2.27. The van der Waals surface area contributed by atoms with Crippen molar-refractivity contribution in [3.63, 3.8) is 0 Å². The summed E-state index contributed by atoms with van der Waals surface area (Å²) in [6, 6.07) is 10.1. The first-order chi connectivity index (χ1) is 13.9. The highest BCUT2D eigenvalue weighted by molar-refractivity contribution is 9.10. The van der Waals surface area contributed by atoms with Crippen LogP contribution in [0, 0.1) is 22.8 Å². The third-order valence-electron chi connectivity index (χ3n) is 4.63. The van der Waals surface area contributed by atoms with Crippen LogP contribution in [0.5, 0.6) is 5.75 Å². The van der Waals surface area contributed by atoms with Crippen LogP contribution in [0.2, 0.25) is 0 Å². The van der Waals surface area contributed by atoms with Gasteiger partial charge in [-0.2, -0.15) is 10.5 Å². The molecule has 4 rings (SSSR count). The van der Waals surface area contributed by atoms with Gasteiger partial charge in [-0.05, 0) is 29.0 Å². The number of halogens is 1. The van der Waals surface area contributed by atoms with Crippen LogP contribution in [0.4, 0.5) is 17.3 Å². The fraction of sp³-hybridized carbons (Fsp3) is 0.0526. The van der Waals surface area contributed by atoms with Gasteiger partial charge in [-0.1, -0.05) is 28.1 Å². The number of nitrogens with one attached hydrogen (secondary N) is 2. The van der Waals surface area contributed by atoms with Gasteiger partial charge in [0.05, 0.1) is 5.69 Å². The Morgan fingerprint density at radius 1 is 1.17 bits per heavy atom. The van der Waals surface area contributed by atoms with E-state index in [0.717, 1.165) is 15.2 Å². The minimum Gasteiger partial charge on any atom is -0.508 e. The molecule has 0 aliphatic carbocycles. The lowest BCUT2D eigenvalue weighted by atomic mass is 9.91. The Morgan fingerprint density at radius 2 is 1.97 bits per heavy atom. The number of anilines is 3. The summed E-state index contributed by atoms with van der Waals surface area (Å²) in [6.45, 7) is 0. The predicted octanol–water partition coefficient (Wildman–Crippen LogP) is 2.68. The number of benzene rings is 2. The number of aliphatic imine (C=N–C) groups is 1. The van der Waals surface area contributed by atoms with E-state index in [0.29, 0.717) is 11.1 Å². The molecular weight excluding hydrogens is 436 g/mol. The molecule has 1 aromatic heterocycles. The second kappa shape index (κ2) is 6.86. The summed E-state index contributed by atoms with van der Waals surface area (Å²) < 4.78 is 0.878. The zero-order valence-electron chi connectivity index (χ0n) is 14.7. The number of hydrogen-bond acceptors (Lipinski definition) is 9. The first-order valence-corrected chi connectivity index (χ1v) is 9.14. The Kier molecular flexibility index (Phi) is 4.34. The fourth-order valence-corrected chi connectivity index (χ4v) is 3.77. The number of phenolic OH excluding ortho intramolecular Hbond substituents is 1. The van der Waals surface area contributed by atoms with Gasteiger partial charge in [-0.15, -0.1) is 0 Å². The zero-order valence-corrected chi connectivity index (χ0v) is 16.3. The molecule has 10 heteroatoms. The lowest BCUT2D eigenvalue weighted by Crippen LogP contribution is -2.32. The van der Waals surface area contributed by atoms with Crippen LogP contribution in [0.3, 0.4) is 0 Å². The molecule has 0 fully saturated rings. The van der Waals surface area contributed by atoms with Crippen LogP contribution >= 0.6 is 15.9 Å². The number of hydrogen-bond donors (Lipinski definition) is 5. The number of fused-ring (bicyclic) bond motifs is 2. The van der Waals surface area contributed by atoms with Crippen LogP contribution in [0.1, 0.15) is 22.7 Å². The Bertz CT molecular complexity index is 1290. The van der Waals surface area contributed by atoms with Crippen molar-refractivity contribution < 1.29 is 5.11 Å². The van der Waals surface area contributed by atoms with Crippen LogP contribution < -0.4 is 22.1 Å². The zero-order chi connectivity index (χ0) is 20.7. The predicted molar refractivity (Wildman–Crippen MR) is 113 cm³/mol. The second-order valence-corrected chi connectivity index (χ2v) is 7.18. The van der Waals surface area contributed by atoms with Crippen molar-refractivity contribution in [2.75, 3.05) is 16.8 Å². The van der Waals surface area contributed by atoms with E-state index in [2.05, 4.69) is 36.5 Å². The molecule has 1 atom stereocenters. The lowest BCUT2D eigenvalue weighted by molar-refractivity contribution is 0.466. The summed E-state index contributed by atoms with van der Waals surface area (Å²) in [4.78, 5) is 8.73. The van der Waals surface area contributed by atoms with Crippen LogP contribution in [-0.2, 0) is 0 Å². The molecule has 0 radical (unpaired) electrons. The molecule has 142 valence electrons. The number of nitrogens with zero attached hydrogens (tertiary/aromatic N) is 4. The molecule has 1 unspecified atom stereocenters. The van der Waals surface area contributed by atoms with Gasteiger partial charge in [-0.25, -0.2) is 9.98 Å². The molecular formula is C19H13BrN8O. The number of guanidine groups is 1. The Morgan fingerprint density at radius 3 is 2.69 bits per heavy atom. The summed E-state index contributed by atoms with van der Waals surface area (Å²) in [5.41, 5.74) is 13.1. The molecule has 0 bridgehead atoms. The summed E-state index contributed by atoms with van der Waals surface area (Å²) in [5.74, 6) is 0.325. The fourth-order valence-electron chi connectivity index (χ4n) is 3.39. The molecule has 3 aromatic rings. The van der Waals surface area contributed by atoms with Gasteiger partial charge in [0.2, 0.25) is 5.96 Å². The van der Waals surface area contributed by atoms with Crippen LogP contribution in [0.15, 0.2) is 39.8 Å². The Balaban J connectivity index is 2.07. The maximum atomic E-state index is 10.7. The van der Waals surface area contributed by atoms with Crippen LogP contribution in [-0.4, -0.2) is 16.1 Å². The van der Waals surface area contributed by atoms with Crippen LogP contribution in [0.25, 0.3) is 10.8 Å². The quantitative estimate of drug-likeness (QED) is 0.279. The number of pyridine rings is 1. The van der Waals surface area contributed by atoms with Crippen molar-refractivity contribution in [3.8, 4) is 18.0 Å². The molecule has 7 N–H and O–H groups in total. The number of aromatic hydroxyl groups is 1. The number of nitrogen functional groups attached to an aromatic ring is 2. The maximum Gasteiger partial charge on any atom is 0.211 e. The van der Waals surface area contributed by atoms with E-state index in [4.69, 9.17) is 16.7 Å². The molecule has 0 spiro atoms. The number of rotatable bonds is 1. The summed E-state index contributed by atoms with van der Waals surface area (Å²) in [5, 5.41) is 36.1. The number of aromatic nitrogens is 1. The number of phenols is 1. The van der Waals surface area contributed by atoms with E-state index in [1.165, 1.54) is 0 Å². The standard InChI is InChI=1S/C19H13BrN8O/c20-9-2-3-10-8(5-9)1-4-12(29)13(10)16-14-15(23)11(6-21)17(24)27-18(14)28-19(26-16)25-7-22/h1-5,16,29H,(H6,23,24,25,26,27,28). The molecule has 1 aliphatic rings.